The predicted octanol–water partition coefficient (Wildman–Crippen LogP) is 4.30. The van der Waals surface area contributed by atoms with E-state index in [1.807, 2.05) is 82.3 Å². The molecule has 0 fully saturated rings. The Hall–Kier alpha value is -3.74. The van der Waals surface area contributed by atoms with Crippen LogP contribution in [0.25, 0.3) is 5.78 Å². The van der Waals surface area contributed by atoms with E-state index in [1.54, 1.807) is 9.42 Å². The molecule has 0 aliphatic carbocycles. The number of carbonyl (C=O) groups is 1. The molecule has 0 spiro atoms. The van der Waals surface area contributed by atoms with E-state index in [0.717, 1.165) is 28.4 Å². The highest BCUT2D eigenvalue weighted by Gasteiger charge is 2.21. The number of hydrogen-bond donors (Lipinski definition) is 0. The minimum absolute atomic E-state index is 0.118. The smallest absolute Gasteiger partial charge is 0.258 e. The third-order valence-corrected chi connectivity index (χ3v) is 4.93. The number of carbonyl (C=O) groups excluding carboxylic acids is 1. The number of nitrogens with zero attached hydrogens (tertiary/aromatic N) is 5. The van der Waals surface area contributed by atoms with Crippen LogP contribution in [-0.2, 0) is 6.54 Å². The summed E-state index contributed by atoms with van der Waals surface area (Å²) in [4.78, 5) is 24.2. The summed E-state index contributed by atoms with van der Waals surface area (Å²) >= 11 is 0. The average Bonchev–Trinajstić information content (AvgIpc) is 3.15. The Morgan fingerprint density at radius 3 is 2.52 bits per heavy atom. The molecular weight excluding hydrogens is 390 g/mol. The van der Waals surface area contributed by atoms with E-state index in [4.69, 9.17) is 4.74 Å². The van der Waals surface area contributed by atoms with Gasteiger partial charge in [-0.2, -0.15) is 4.98 Å². The lowest BCUT2D eigenvalue weighted by atomic mass is 10.1. The zero-order valence-electron chi connectivity index (χ0n) is 18.2. The van der Waals surface area contributed by atoms with Crippen LogP contribution in [0.15, 0.2) is 54.6 Å². The SMILES string of the molecule is CCOc1ccc(N(Cc2nc3nc(C)cc(C)n3n2)C(=O)c2cccc(C)c2)cc1. The number of ether oxygens (including phenoxy) is 1. The van der Waals surface area contributed by atoms with Gasteiger partial charge in [-0.3, -0.25) is 4.79 Å². The van der Waals surface area contributed by atoms with E-state index in [9.17, 15) is 4.79 Å². The monoisotopic (exact) mass is 415 g/mol. The number of fused-ring (bicyclic) bond motifs is 1. The van der Waals surface area contributed by atoms with Gasteiger partial charge in [0.2, 0.25) is 0 Å². The highest BCUT2D eigenvalue weighted by molar-refractivity contribution is 6.06. The number of amides is 1. The van der Waals surface area contributed by atoms with Crippen LogP contribution in [0, 0.1) is 20.8 Å². The molecule has 0 atom stereocenters. The van der Waals surface area contributed by atoms with E-state index in [2.05, 4.69) is 15.1 Å². The first-order chi connectivity index (χ1) is 14.9. The Balaban J connectivity index is 1.73. The van der Waals surface area contributed by atoms with Gasteiger partial charge < -0.3 is 9.64 Å². The third kappa shape index (κ3) is 4.40. The minimum atomic E-state index is -0.118. The second-order valence-electron chi connectivity index (χ2n) is 7.47. The van der Waals surface area contributed by atoms with Crippen LogP contribution < -0.4 is 9.64 Å². The summed E-state index contributed by atoms with van der Waals surface area (Å²) in [6, 6.07) is 17.0. The summed E-state index contributed by atoms with van der Waals surface area (Å²) in [6.45, 7) is 8.61. The van der Waals surface area contributed by atoms with Gasteiger partial charge in [-0.15, -0.1) is 5.10 Å². The predicted molar refractivity (Wildman–Crippen MR) is 120 cm³/mol. The Kier molecular flexibility index (Phi) is 5.66. The first kappa shape index (κ1) is 20.5. The number of aryl methyl sites for hydroxylation is 3. The lowest BCUT2D eigenvalue weighted by Crippen LogP contribution is -2.31. The van der Waals surface area contributed by atoms with E-state index in [1.165, 1.54) is 0 Å². The first-order valence-electron chi connectivity index (χ1n) is 10.3. The van der Waals surface area contributed by atoms with Crippen molar-refractivity contribution in [3.8, 4) is 5.75 Å². The Morgan fingerprint density at radius 1 is 1.03 bits per heavy atom. The Morgan fingerprint density at radius 2 is 1.81 bits per heavy atom. The van der Waals surface area contributed by atoms with Gasteiger partial charge in [0.1, 0.15) is 5.75 Å². The number of rotatable bonds is 6. The fraction of sp³-hybridized carbons (Fsp3) is 0.250. The summed E-state index contributed by atoms with van der Waals surface area (Å²) in [5.74, 6) is 1.70. The van der Waals surface area contributed by atoms with Gasteiger partial charge in [-0.05, 0) is 70.2 Å². The maximum absolute atomic E-state index is 13.5. The summed E-state index contributed by atoms with van der Waals surface area (Å²) in [5, 5.41) is 4.58. The van der Waals surface area contributed by atoms with Crippen LogP contribution in [0.5, 0.6) is 5.75 Å². The average molecular weight is 415 g/mol. The molecule has 0 bridgehead atoms. The van der Waals surface area contributed by atoms with E-state index in [-0.39, 0.29) is 12.5 Å². The van der Waals surface area contributed by atoms with Gasteiger partial charge in [0.05, 0.1) is 13.2 Å². The van der Waals surface area contributed by atoms with Crippen LogP contribution in [0.1, 0.15) is 40.1 Å². The second-order valence-corrected chi connectivity index (χ2v) is 7.47. The third-order valence-electron chi connectivity index (χ3n) is 4.93. The lowest BCUT2D eigenvalue weighted by molar-refractivity contribution is 0.0984. The Labute approximate surface area is 181 Å². The molecule has 2 heterocycles. The molecule has 0 unspecified atom stereocenters. The highest BCUT2D eigenvalue weighted by atomic mass is 16.5. The number of hydrogen-bond acceptors (Lipinski definition) is 5. The van der Waals surface area contributed by atoms with Crippen molar-refractivity contribution < 1.29 is 9.53 Å². The van der Waals surface area contributed by atoms with Gasteiger partial charge in [0, 0.05) is 22.6 Å². The standard InChI is InChI=1S/C24H25N5O2/c1-5-31-21-11-9-20(10-12-21)28(23(30)19-8-6-7-16(2)13-19)15-22-26-24-25-17(3)14-18(4)29(24)27-22/h6-14H,5,15H2,1-4H3. The van der Waals surface area contributed by atoms with E-state index >= 15 is 0 Å². The maximum atomic E-state index is 13.5. The number of anilines is 1. The normalized spacial score (nSPS) is 11.0. The van der Waals surface area contributed by atoms with Gasteiger partial charge in [-0.25, -0.2) is 9.50 Å². The van der Waals surface area contributed by atoms with Crippen molar-refractivity contribution in [2.75, 3.05) is 11.5 Å². The van der Waals surface area contributed by atoms with Crippen molar-refractivity contribution >= 4 is 17.4 Å². The zero-order chi connectivity index (χ0) is 22.0. The Bertz CT molecular complexity index is 1230. The van der Waals surface area contributed by atoms with Gasteiger partial charge >= 0.3 is 0 Å². The van der Waals surface area contributed by atoms with Crippen molar-refractivity contribution in [1.82, 2.24) is 19.6 Å². The molecule has 0 aliphatic heterocycles. The maximum Gasteiger partial charge on any atom is 0.258 e. The summed E-state index contributed by atoms with van der Waals surface area (Å²) in [5.41, 5.74) is 4.21. The lowest BCUT2D eigenvalue weighted by Gasteiger charge is -2.22. The van der Waals surface area contributed by atoms with Crippen molar-refractivity contribution in [1.29, 1.82) is 0 Å². The summed E-state index contributed by atoms with van der Waals surface area (Å²) < 4.78 is 7.25. The fourth-order valence-electron chi connectivity index (χ4n) is 3.52. The molecule has 4 rings (SSSR count). The molecule has 4 aromatic rings. The molecule has 2 aromatic heterocycles. The van der Waals surface area contributed by atoms with Crippen LogP contribution in [0.3, 0.4) is 0 Å². The molecule has 0 saturated heterocycles. The molecule has 158 valence electrons. The van der Waals surface area contributed by atoms with E-state index < -0.39 is 0 Å². The quantitative estimate of drug-likeness (QED) is 0.470. The van der Waals surface area contributed by atoms with Crippen LogP contribution in [-0.4, -0.2) is 32.1 Å². The molecule has 7 nitrogen and oxygen atoms in total. The van der Waals surface area contributed by atoms with Crippen molar-refractivity contribution in [2.24, 2.45) is 0 Å². The summed E-state index contributed by atoms with van der Waals surface area (Å²) in [7, 11) is 0. The largest absolute Gasteiger partial charge is 0.494 e. The summed E-state index contributed by atoms with van der Waals surface area (Å²) in [6.07, 6.45) is 0. The van der Waals surface area contributed by atoms with Crippen LogP contribution in [0.2, 0.25) is 0 Å². The van der Waals surface area contributed by atoms with Gasteiger partial charge in [0.15, 0.2) is 5.82 Å². The molecule has 31 heavy (non-hydrogen) atoms. The molecule has 1 amide bonds. The van der Waals surface area contributed by atoms with Crippen molar-refractivity contribution in [3.05, 3.63) is 82.9 Å². The van der Waals surface area contributed by atoms with Crippen molar-refractivity contribution in [3.63, 3.8) is 0 Å². The first-order valence-corrected chi connectivity index (χ1v) is 10.3. The second kappa shape index (κ2) is 8.55. The topological polar surface area (TPSA) is 72.6 Å². The van der Waals surface area contributed by atoms with Gasteiger partial charge in [-0.1, -0.05) is 17.7 Å². The minimum Gasteiger partial charge on any atom is -0.494 e. The molecule has 0 saturated carbocycles. The number of benzene rings is 2. The van der Waals surface area contributed by atoms with Crippen molar-refractivity contribution in [2.45, 2.75) is 34.2 Å². The van der Waals surface area contributed by atoms with Crippen LogP contribution >= 0.6 is 0 Å². The highest BCUT2D eigenvalue weighted by Crippen LogP contribution is 2.23. The molecule has 0 radical (unpaired) electrons. The molecule has 0 aliphatic rings. The molecule has 0 N–H and O–H groups in total. The van der Waals surface area contributed by atoms with Crippen LogP contribution in [0.4, 0.5) is 5.69 Å². The molecule has 7 heteroatoms. The van der Waals surface area contributed by atoms with E-state index in [0.29, 0.717) is 23.8 Å². The molecular formula is C24H25N5O2. The van der Waals surface area contributed by atoms with Gasteiger partial charge in [0.25, 0.3) is 11.7 Å². The molecule has 2 aromatic carbocycles. The fourth-order valence-corrected chi connectivity index (χ4v) is 3.52. The number of aromatic nitrogens is 4. The zero-order valence-corrected chi connectivity index (χ0v) is 18.2.